The van der Waals surface area contributed by atoms with Crippen molar-refractivity contribution in [2.24, 2.45) is 7.05 Å². The average Bonchev–Trinajstić information content (AvgIpc) is 3.57. The van der Waals surface area contributed by atoms with Gasteiger partial charge < -0.3 is 15.3 Å². The van der Waals surface area contributed by atoms with Crippen molar-refractivity contribution in [3.05, 3.63) is 87.7 Å². The molecular weight excluding hydrogens is 543 g/mol. The van der Waals surface area contributed by atoms with Crippen molar-refractivity contribution in [2.45, 2.75) is 19.4 Å². The Hall–Kier alpha value is -4.91. The Morgan fingerprint density at radius 3 is 2.60 bits per heavy atom. The minimum atomic E-state index is -1.09. The fourth-order valence-corrected chi connectivity index (χ4v) is 4.76. The van der Waals surface area contributed by atoms with Gasteiger partial charge in [-0.25, -0.2) is 9.18 Å². The molecule has 2 aromatic heterocycles. The number of nitrogens with one attached hydrogen (secondary N) is 1. The van der Waals surface area contributed by atoms with Gasteiger partial charge in [-0.1, -0.05) is 11.6 Å². The van der Waals surface area contributed by atoms with Crippen LogP contribution in [0.25, 0.3) is 11.8 Å². The van der Waals surface area contributed by atoms with E-state index in [9.17, 15) is 14.4 Å². The molecule has 2 amide bonds. The van der Waals surface area contributed by atoms with Crippen LogP contribution in [0, 0.1) is 12.7 Å². The molecule has 5 rings (SSSR count). The second-order valence-corrected chi connectivity index (χ2v) is 9.41. The fraction of sp³-hybridized carbons (Fsp3) is 0.192. The summed E-state index contributed by atoms with van der Waals surface area (Å²) >= 11 is 6.00. The number of aromatic nitrogens is 6. The molecular formula is C26H22ClFN8O4. The number of aryl methyl sites for hydroxylation is 1. The molecule has 14 heteroatoms. The number of carbonyl (C=O) groups is 3. The highest BCUT2D eigenvalue weighted by Gasteiger charge is 2.38. The van der Waals surface area contributed by atoms with Gasteiger partial charge in [0.05, 0.1) is 22.0 Å². The van der Waals surface area contributed by atoms with Crippen molar-refractivity contribution in [3.8, 4) is 5.69 Å². The summed E-state index contributed by atoms with van der Waals surface area (Å²) in [5, 5.41) is 27.2. The van der Waals surface area contributed by atoms with Crippen LogP contribution < -0.4 is 5.32 Å². The lowest BCUT2D eigenvalue weighted by Crippen LogP contribution is -2.44. The molecule has 0 saturated heterocycles. The third kappa shape index (κ3) is 4.94. The summed E-state index contributed by atoms with van der Waals surface area (Å²) in [6.45, 7) is 1.98. The van der Waals surface area contributed by atoms with Gasteiger partial charge in [0.15, 0.2) is 5.82 Å². The van der Waals surface area contributed by atoms with Crippen LogP contribution in [-0.4, -0.2) is 64.3 Å². The molecule has 0 saturated carbocycles. The number of rotatable bonds is 6. The smallest absolute Gasteiger partial charge is 0.335 e. The van der Waals surface area contributed by atoms with Gasteiger partial charge in [-0.05, 0) is 59.8 Å². The van der Waals surface area contributed by atoms with Crippen molar-refractivity contribution in [3.63, 3.8) is 0 Å². The van der Waals surface area contributed by atoms with Crippen molar-refractivity contribution in [1.82, 2.24) is 34.9 Å². The maximum absolute atomic E-state index is 15.0. The molecule has 2 aromatic carbocycles. The molecule has 1 unspecified atom stereocenters. The lowest BCUT2D eigenvalue weighted by atomic mass is 9.95. The zero-order chi connectivity index (χ0) is 28.6. The van der Waals surface area contributed by atoms with E-state index in [0.29, 0.717) is 29.1 Å². The highest BCUT2D eigenvalue weighted by atomic mass is 35.5. The molecule has 0 spiro atoms. The van der Waals surface area contributed by atoms with Crippen molar-refractivity contribution >= 4 is 41.1 Å². The quantitative estimate of drug-likeness (QED) is 0.340. The van der Waals surface area contributed by atoms with E-state index in [0.717, 1.165) is 0 Å². The molecule has 204 valence electrons. The van der Waals surface area contributed by atoms with E-state index in [1.54, 1.807) is 18.7 Å². The van der Waals surface area contributed by atoms with E-state index in [-0.39, 0.29) is 28.4 Å². The van der Waals surface area contributed by atoms with Crippen LogP contribution in [-0.2, 0) is 23.1 Å². The van der Waals surface area contributed by atoms with Gasteiger partial charge in [-0.15, -0.1) is 5.10 Å². The third-order valence-electron chi connectivity index (χ3n) is 6.66. The molecule has 0 bridgehead atoms. The highest BCUT2D eigenvalue weighted by Crippen LogP contribution is 2.34. The number of carboxylic acids is 1. The second-order valence-electron chi connectivity index (χ2n) is 9.01. The van der Waals surface area contributed by atoms with Gasteiger partial charge in [0.1, 0.15) is 12.4 Å². The Kier molecular flexibility index (Phi) is 7.13. The molecule has 0 radical (unpaired) electrons. The van der Waals surface area contributed by atoms with Crippen LogP contribution in [0.2, 0.25) is 5.02 Å². The van der Waals surface area contributed by atoms with E-state index in [4.69, 9.17) is 16.7 Å². The van der Waals surface area contributed by atoms with Gasteiger partial charge in [0.25, 0.3) is 5.91 Å². The topological polar surface area (TPSA) is 148 Å². The second kappa shape index (κ2) is 10.7. The normalized spacial score (nSPS) is 14.8. The molecule has 3 heterocycles. The first-order chi connectivity index (χ1) is 19.2. The monoisotopic (exact) mass is 564 g/mol. The van der Waals surface area contributed by atoms with Crippen molar-refractivity contribution in [1.29, 1.82) is 0 Å². The minimum absolute atomic E-state index is 0.0112. The van der Waals surface area contributed by atoms with Crippen LogP contribution in [0.3, 0.4) is 0 Å². The number of carboxylic acid groups (broad SMARTS) is 1. The Morgan fingerprint density at radius 2 is 1.93 bits per heavy atom. The van der Waals surface area contributed by atoms with E-state index in [2.05, 4.69) is 25.9 Å². The number of amides is 2. The number of fused-ring (bicyclic) bond motifs is 1. The number of benzene rings is 2. The molecule has 4 aromatic rings. The number of tetrazole rings is 1. The van der Waals surface area contributed by atoms with Gasteiger partial charge in [0.2, 0.25) is 5.91 Å². The lowest BCUT2D eigenvalue weighted by Gasteiger charge is -2.34. The van der Waals surface area contributed by atoms with Crippen LogP contribution in [0.4, 0.5) is 10.1 Å². The van der Waals surface area contributed by atoms with Gasteiger partial charge in [-0.3, -0.25) is 14.3 Å². The predicted molar refractivity (Wildman–Crippen MR) is 141 cm³/mol. The van der Waals surface area contributed by atoms with Crippen LogP contribution in [0.15, 0.2) is 48.8 Å². The molecule has 2 N–H and O–H groups in total. The first-order valence-corrected chi connectivity index (χ1v) is 12.4. The van der Waals surface area contributed by atoms with Crippen LogP contribution in [0.1, 0.15) is 38.9 Å². The summed E-state index contributed by atoms with van der Waals surface area (Å²) in [7, 11) is 1.75. The number of hydrogen-bond donors (Lipinski definition) is 2. The van der Waals surface area contributed by atoms with Crippen molar-refractivity contribution < 1.29 is 23.9 Å². The third-order valence-corrected chi connectivity index (χ3v) is 6.95. The minimum Gasteiger partial charge on any atom is -0.478 e. The van der Waals surface area contributed by atoms with E-state index < -0.39 is 29.6 Å². The molecule has 0 fully saturated rings. The Morgan fingerprint density at radius 1 is 1.18 bits per heavy atom. The Balaban J connectivity index is 1.48. The summed E-state index contributed by atoms with van der Waals surface area (Å²) in [4.78, 5) is 39.7. The van der Waals surface area contributed by atoms with Crippen molar-refractivity contribution in [2.75, 3.05) is 11.9 Å². The number of anilines is 1. The van der Waals surface area contributed by atoms with E-state index >= 15 is 4.39 Å². The summed E-state index contributed by atoms with van der Waals surface area (Å²) in [6.07, 6.45) is 4.13. The van der Waals surface area contributed by atoms with Gasteiger partial charge in [0, 0.05) is 48.6 Å². The zero-order valence-corrected chi connectivity index (χ0v) is 22.0. The summed E-state index contributed by atoms with van der Waals surface area (Å²) in [5.74, 6) is -2.91. The van der Waals surface area contributed by atoms with Gasteiger partial charge in [-0.2, -0.15) is 9.78 Å². The highest BCUT2D eigenvalue weighted by molar-refractivity contribution is 6.31. The standard InChI is InChI=1S/C26H22ClFN8O4/c1-14-22-19(31-34(14)2)11-12-35(24(22)25(38)30-16-5-3-15(4-6-16)26(39)40)21(37)10-7-17-20(36-13-29-32-33-36)9-8-18(27)23(17)28/h3-10,13,24H,11-12H2,1-2H3,(H,30,38)(H,39,40). The fourth-order valence-electron chi connectivity index (χ4n) is 4.60. The Bertz CT molecular complexity index is 1650. The SMILES string of the molecule is Cc1c2c(nn1C)CCN(C(=O)C=Cc1c(-n3cnnn3)ccc(Cl)c1F)C2C(=O)Nc1ccc(C(=O)O)cc1. The maximum Gasteiger partial charge on any atom is 0.335 e. The zero-order valence-electron chi connectivity index (χ0n) is 21.2. The molecule has 1 atom stereocenters. The number of halogens is 2. The number of hydrogen-bond acceptors (Lipinski definition) is 7. The molecule has 1 aliphatic heterocycles. The lowest BCUT2D eigenvalue weighted by molar-refractivity contribution is -0.135. The summed E-state index contributed by atoms with van der Waals surface area (Å²) < 4.78 is 17.9. The number of nitrogens with zero attached hydrogens (tertiary/aromatic N) is 7. The number of aromatic carboxylic acids is 1. The molecule has 1 aliphatic rings. The van der Waals surface area contributed by atoms with Crippen LogP contribution >= 0.6 is 11.6 Å². The maximum atomic E-state index is 15.0. The first kappa shape index (κ1) is 26.7. The number of carbonyl (C=O) groups excluding carboxylic acids is 2. The summed E-state index contributed by atoms with van der Waals surface area (Å²) in [6, 6.07) is 7.50. The van der Waals surface area contributed by atoms with E-state index in [1.807, 2.05) is 0 Å². The average molecular weight is 565 g/mol. The molecule has 40 heavy (non-hydrogen) atoms. The largest absolute Gasteiger partial charge is 0.478 e. The molecule has 0 aliphatic carbocycles. The van der Waals surface area contributed by atoms with Crippen LogP contribution in [0.5, 0.6) is 0 Å². The van der Waals surface area contributed by atoms with Gasteiger partial charge >= 0.3 is 5.97 Å². The Labute approximate surface area is 231 Å². The van der Waals surface area contributed by atoms with E-state index in [1.165, 1.54) is 64.5 Å². The molecule has 12 nitrogen and oxygen atoms in total. The summed E-state index contributed by atoms with van der Waals surface area (Å²) in [5.41, 5.74) is 2.67. The predicted octanol–water partition coefficient (Wildman–Crippen LogP) is 2.97. The first-order valence-electron chi connectivity index (χ1n) is 12.0.